The van der Waals surface area contributed by atoms with E-state index < -0.39 is 5.97 Å². The first-order valence-electron chi connectivity index (χ1n) is 9.13. The van der Waals surface area contributed by atoms with Crippen molar-refractivity contribution in [3.8, 4) is 0 Å². The predicted octanol–water partition coefficient (Wildman–Crippen LogP) is 4.65. The Kier molecular flexibility index (Phi) is 5.30. The fourth-order valence-electron chi connectivity index (χ4n) is 5.71. The topological polar surface area (TPSA) is 57.5 Å². The monoisotopic (exact) mass is 322 g/mol. The first-order valence-corrected chi connectivity index (χ1v) is 9.13. The van der Waals surface area contributed by atoms with Gasteiger partial charge >= 0.3 is 5.97 Å². The zero-order valence-corrected chi connectivity index (χ0v) is 15.4. The van der Waals surface area contributed by atoms with Gasteiger partial charge in [-0.25, -0.2) is 0 Å². The minimum absolute atomic E-state index is 0.128. The number of hydrogen-bond acceptors (Lipinski definition) is 2. The molecule has 0 aliphatic heterocycles. The molecule has 0 aromatic rings. The van der Waals surface area contributed by atoms with Gasteiger partial charge in [0.05, 0.1) is 6.10 Å². The Bertz CT molecular complexity index is 479. The lowest BCUT2D eigenvalue weighted by Crippen LogP contribution is -2.52. The van der Waals surface area contributed by atoms with Crippen molar-refractivity contribution in [3.05, 3.63) is 11.6 Å². The standard InChI is InChI=1S/C20H34O3/c1-13(10-18(22)23)6-8-16-14(2)7-9-17-19(3,4)11-15(21)12-20(16,17)5/h7,13,15-17,21H,6,8-12H2,1-5H3,(H,22,23). The first kappa shape index (κ1) is 18.5. The third-order valence-electron chi connectivity index (χ3n) is 6.67. The molecular formula is C20H34O3. The van der Waals surface area contributed by atoms with Gasteiger partial charge in [0, 0.05) is 6.42 Å². The molecule has 0 aromatic carbocycles. The third-order valence-corrected chi connectivity index (χ3v) is 6.67. The van der Waals surface area contributed by atoms with Crippen LogP contribution in [0, 0.1) is 28.6 Å². The average Bonchev–Trinajstić information content (AvgIpc) is 2.34. The van der Waals surface area contributed by atoms with Crippen LogP contribution >= 0.6 is 0 Å². The van der Waals surface area contributed by atoms with E-state index in [0.717, 1.165) is 32.1 Å². The fourth-order valence-corrected chi connectivity index (χ4v) is 5.71. The van der Waals surface area contributed by atoms with Gasteiger partial charge in [0.15, 0.2) is 0 Å². The van der Waals surface area contributed by atoms with Crippen LogP contribution in [-0.4, -0.2) is 22.3 Å². The Labute approximate surface area is 141 Å². The molecule has 23 heavy (non-hydrogen) atoms. The van der Waals surface area contributed by atoms with E-state index in [0.29, 0.717) is 11.8 Å². The summed E-state index contributed by atoms with van der Waals surface area (Å²) < 4.78 is 0. The van der Waals surface area contributed by atoms with Crippen LogP contribution in [0.2, 0.25) is 0 Å². The van der Waals surface area contributed by atoms with E-state index in [9.17, 15) is 9.90 Å². The molecule has 3 heteroatoms. The summed E-state index contributed by atoms with van der Waals surface area (Å²) in [6.45, 7) is 11.2. The highest BCUT2D eigenvalue weighted by molar-refractivity contribution is 5.66. The number of aliphatic hydroxyl groups is 1. The maximum absolute atomic E-state index is 10.9. The second-order valence-electron chi connectivity index (χ2n) is 9.13. The Morgan fingerprint density at radius 1 is 1.35 bits per heavy atom. The lowest BCUT2D eigenvalue weighted by atomic mass is 9.47. The van der Waals surface area contributed by atoms with Gasteiger partial charge in [-0.2, -0.15) is 0 Å². The second-order valence-corrected chi connectivity index (χ2v) is 9.13. The van der Waals surface area contributed by atoms with Crippen molar-refractivity contribution in [1.82, 2.24) is 0 Å². The molecule has 5 atom stereocenters. The van der Waals surface area contributed by atoms with E-state index in [1.165, 1.54) is 5.57 Å². The Balaban J connectivity index is 2.18. The number of allylic oxidation sites excluding steroid dienone is 2. The molecule has 0 amide bonds. The molecule has 0 aromatic heterocycles. The lowest BCUT2D eigenvalue weighted by Gasteiger charge is -2.58. The van der Waals surface area contributed by atoms with E-state index in [-0.39, 0.29) is 29.3 Å². The maximum Gasteiger partial charge on any atom is 0.303 e. The summed E-state index contributed by atoms with van der Waals surface area (Å²) in [5.74, 6) is 0.575. The van der Waals surface area contributed by atoms with Gasteiger partial charge in [-0.05, 0) is 67.6 Å². The molecule has 1 saturated carbocycles. The molecule has 2 aliphatic carbocycles. The Hall–Kier alpha value is -0.830. The lowest BCUT2D eigenvalue weighted by molar-refractivity contribution is -0.138. The highest BCUT2D eigenvalue weighted by Crippen LogP contribution is 2.60. The van der Waals surface area contributed by atoms with Gasteiger partial charge < -0.3 is 10.2 Å². The smallest absolute Gasteiger partial charge is 0.303 e. The molecule has 0 heterocycles. The van der Waals surface area contributed by atoms with Crippen molar-refractivity contribution in [1.29, 1.82) is 0 Å². The van der Waals surface area contributed by atoms with Gasteiger partial charge in [0.1, 0.15) is 0 Å². The third kappa shape index (κ3) is 3.81. The Morgan fingerprint density at radius 2 is 2.00 bits per heavy atom. The predicted molar refractivity (Wildman–Crippen MR) is 93.1 cm³/mol. The zero-order valence-electron chi connectivity index (χ0n) is 15.4. The van der Waals surface area contributed by atoms with E-state index in [4.69, 9.17) is 5.11 Å². The van der Waals surface area contributed by atoms with E-state index in [2.05, 4.69) is 33.8 Å². The second kappa shape index (κ2) is 6.58. The average molecular weight is 322 g/mol. The van der Waals surface area contributed by atoms with Crippen LogP contribution in [0.3, 0.4) is 0 Å². The number of fused-ring (bicyclic) bond motifs is 1. The van der Waals surface area contributed by atoms with Crippen LogP contribution in [0.15, 0.2) is 11.6 Å². The van der Waals surface area contributed by atoms with E-state index in [1.807, 2.05) is 6.92 Å². The van der Waals surface area contributed by atoms with Crippen LogP contribution in [0.1, 0.15) is 73.1 Å². The highest BCUT2D eigenvalue weighted by atomic mass is 16.4. The molecule has 0 spiro atoms. The molecule has 2 rings (SSSR count). The van der Waals surface area contributed by atoms with Crippen molar-refractivity contribution in [3.63, 3.8) is 0 Å². The normalized spacial score (nSPS) is 37.7. The van der Waals surface area contributed by atoms with E-state index >= 15 is 0 Å². The molecule has 0 saturated heterocycles. The van der Waals surface area contributed by atoms with Crippen molar-refractivity contribution >= 4 is 5.97 Å². The molecule has 0 bridgehead atoms. The van der Waals surface area contributed by atoms with Crippen molar-refractivity contribution in [2.24, 2.45) is 28.6 Å². The molecule has 3 nitrogen and oxygen atoms in total. The molecular weight excluding hydrogens is 288 g/mol. The summed E-state index contributed by atoms with van der Waals surface area (Å²) in [5, 5.41) is 19.4. The van der Waals surface area contributed by atoms with Crippen molar-refractivity contribution < 1.29 is 15.0 Å². The van der Waals surface area contributed by atoms with Gasteiger partial charge in [-0.15, -0.1) is 0 Å². The highest BCUT2D eigenvalue weighted by Gasteiger charge is 2.53. The minimum atomic E-state index is -0.702. The van der Waals surface area contributed by atoms with Crippen molar-refractivity contribution in [2.75, 3.05) is 0 Å². The number of carboxylic acid groups (broad SMARTS) is 1. The molecule has 2 N–H and O–H groups in total. The summed E-state index contributed by atoms with van der Waals surface area (Å²) >= 11 is 0. The molecule has 2 aliphatic rings. The SMILES string of the molecule is CC1=CCC2C(C)(C)CC(O)CC2(C)C1CCC(C)CC(=O)O. The van der Waals surface area contributed by atoms with E-state index in [1.54, 1.807) is 0 Å². The first-order chi connectivity index (χ1) is 10.6. The molecule has 0 radical (unpaired) electrons. The molecule has 5 unspecified atom stereocenters. The van der Waals surface area contributed by atoms with Gasteiger partial charge in [0.25, 0.3) is 0 Å². The molecule has 1 fully saturated rings. The largest absolute Gasteiger partial charge is 0.481 e. The zero-order chi connectivity index (χ0) is 17.4. The van der Waals surface area contributed by atoms with Gasteiger partial charge in [0.2, 0.25) is 0 Å². The van der Waals surface area contributed by atoms with Crippen LogP contribution in [0.4, 0.5) is 0 Å². The summed E-state index contributed by atoms with van der Waals surface area (Å²) in [4.78, 5) is 10.9. The number of hydrogen-bond donors (Lipinski definition) is 2. The number of carboxylic acids is 1. The fraction of sp³-hybridized carbons (Fsp3) is 0.850. The Morgan fingerprint density at radius 3 is 2.61 bits per heavy atom. The van der Waals surface area contributed by atoms with Crippen LogP contribution in [0.25, 0.3) is 0 Å². The summed E-state index contributed by atoms with van der Waals surface area (Å²) in [5.41, 5.74) is 1.73. The number of rotatable bonds is 5. The minimum Gasteiger partial charge on any atom is -0.481 e. The summed E-state index contributed by atoms with van der Waals surface area (Å²) in [7, 11) is 0. The number of aliphatic hydroxyl groups excluding tert-OH is 1. The number of carbonyl (C=O) groups is 1. The van der Waals surface area contributed by atoms with Gasteiger partial charge in [-0.1, -0.05) is 39.3 Å². The maximum atomic E-state index is 10.9. The number of aliphatic carboxylic acids is 1. The summed E-state index contributed by atoms with van der Waals surface area (Å²) in [6.07, 6.45) is 7.31. The van der Waals surface area contributed by atoms with Crippen LogP contribution in [0.5, 0.6) is 0 Å². The quantitative estimate of drug-likeness (QED) is 0.725. The molecule has 132 valence electrons. The summed E-state index contributed by atoms with van der Waals surface area (Å²) in [6, 6.07) is 0. The van der Waals surface area contributed by atoms with Gasteiger partial charge in [-0.3, -0.25) is 4.79 Å². The van der Waals surface area contributed by atoms with Crippen molar-refractivity contribution in [2.45, 2.75) is 79.2 Å². The van der Waals surface area contributed by atoms with Crippen LogP contribution < -0.4 is 0 Å². The van der Waals surface area contributed by atoms with Crippen LogP contribution in [-0.2, 0) is 4.79 Å².